The molecule has 136 valence electrons. The van der Waals surface area contributed by atoms with Crippen LogP contribution < -0.4 is 5.32 Å². The van der Waals surface area contributed by atoms with Crippen molar-refractivity contribution in [2.75, 3.05) is 0 Å². The number of esters is 1. The fourth-order valence-electron chi connectivity index (χ4n) is 2.10. The molecule has 2 aromatic carbocycles. The van der Waals surface area contributed by atoms with Crippen molar-refractivity contribution >= 4 is 18.0 Å². The molecule has 0 saturated heterocycles. The highest BCUT2D eigenvalue weighted by molar-refractivity contribution is 5.85. The van der Waals surface area contributed by atoms with E-state index in [0.717, 1.165) is 11.1 Å². The molecule has 0 aliphatic heterocycles. The molecular formula is C19H19NO6. The van der Waals surface area contributed by atoms with Crippen molar-refractivity contribution in [1.82, 2.24) is 5.32 Å². The van der Waals surface area contributed by atoms with Crippen molar-refractivity contribution in [1.29, 1.82) is 0 Å². The number of aliphatic carboxylic acids is 1. The van der Waals surface area contributed by atoms with Crippen LogP contribution in [0.5, 0.6) is 0 Å². The number of nitrogens with one attached hydrogen (secondary N) is 1. The van der Waals surface area contributed by atoms with Crippen LogP contribution in [0.3, 0.4) is 0 Å². The molecule has 0 aromatic heterocycles. The van der Waals surface area contributed by atoms with Crippen LogP contribution in [0.1, 0.15) is 17.5 Å². The van der Waals surface area contributed by atoms with E-state index in [1.165, 1.54) is 0 Å². The normalized spacial score (nSPS) is 11.2. The molecule has 0 spiro atoms. The summed E-state index contributed by atoms with van der Waals surface area (Å²) in [5.41, 5.74) is 1.52. The maximum atomic E-state index is 12.1. The molecule has 7 heteroatoms. The minimum atomic E-state index is -1.33. The van der Waals surface area contributed by atoms with E-state index in [0.29, 0.717) is 0 Å². The average molecular weight is 357 g/mol. The minimum absolute atomic E-state index is 0.00548. The van der Waals surface area contributed by atoms with Gasteiger partial charge in [-0.25, -0.2) is 9.59 Å². The van der Waals surface area contributed by atoms with Crippen LogP contribution in [-0.4, -0.2) is 29.2 Å². The second-order valence-electron chi connectivity index (χ2n) is 5.45. The number of hydrogen-bond donors (Lipinski definition) is 2. The predicted molar refractivity (Wildman–Crippen MR) is 92.0 cm³/mol. The number of benzene rings is 2. The highest BCUT2D eigenvalue weighted by Gasteiger charge is 2.26. The van der Waals surface area contributed by atoms with Gasteiger partial charge in [-0.2, -0.15) is 0 Å². The number of carbonyl (C=O) groups excluding carboxylic acids is 2. The zero-order valence-corrected chi connectivity index (χ0v) is 14.0. The lowest BCUT2D eigenvalue weighted by atomic mass is 10.2. The van der Waals surface area contributed by atoms with Gasteiger partial charge in [0, 0.05) is 0 Å². The van der Waals surface area contributed by atoms with Crippen LogP contribution in [0.4, 0.5) is 4.79 Å². The van der Waals surface area contributed by atoms with E-state index in [2.05, 4.69) is 5.32 Å². The SMILES string of the molecule is O=C(O)CC(NC(=O)OCc1ccccc1)C(=O)OCc1ccccc1. The summed E-state index contributed by atoms with van der Waals surface area (Å²) in [5, 5.41) is 11.2. The number of amides is 1. The van der Waals surface area contributed by atoms with Gasteiger partial charge >= 0.3 is 18.0 Å². The molecule has 0 bridgehead atoms. The van der Waals surface area contributed by atoms with E-state index in [1.807, 2.05) is 12.1 Å². The van der Waals surface area contributed by atoms with Gasteiger partial charge in [-0.15, -0.1) is 0 Å². The Bertz CT molecular complexity index is 732. The van der Waals surface area contributed by atoms with Crippen LogP contribution in [0.15, 0.2) is 60.7 Å². The van der Waals surface area contributed by atoms with Crippen molar-refractivity contribution in [2.45, 2.75) is 25.7 Å². The summed E-state index contributed by atoms with van der Waals surface area (Å²) in [6, 6.07) is 16.6. The molecule has 2 N–H and O–H groups in total. The number of carbonyl (C=O) groups is 3. The van der Waals surface area contributed by atoms with E-state index in [9.17, 15) is 14.4 Å². The number of carboxylic acid groups (broad SMARTS) is 1. The molecule has 0 fully saturated rings. The molecule has 7 nitrogen and oxygen atoms in total. The fraction of sp³-hybridized carbons (Fsp3) is 0.211. The molecule has 0 aliphatic rings. The summed E-state index contributed by atoms with van der Waals surface area (Å²) in [7, 11) is 0. The number of ether oxygens (including phenoxy) is 2. The topological polar surface area (TPSA) is 102 Å². The Kier molecular flexibility index (Phi) is 7.17. The molecule has 1 atom stereocenters. The third-order valence-electron chi connectivity index (χ3n) is 3.39. The summed E-state index contributed by atoms with van der Waals surface area (Å²) in [5.74, 6) is -2.08. The zero-order valence-electron chi connectivity index (χ0n) is 14.0. The summed E-state index contributed by atoms with van der Waals surface area (Å²) in [6.45, 7) is -0.0118. The summed E-state index contributed by atoms with van der Waals surface area (Å²) in [6.07, 6.45) is -1.50. The molecule has 1 amide bonds. The molecule has 2 rings (SSSR count). The lowest BCUT2D eigenvalue weighted by Gasteiger charge is -2.16. The summed E-state index contributed by atoms with van der Waals surface area (Å²) in [4.78, 5) is 34.9. The highest BCUT2D eigenvalue weighted by Crippen LogP contribution is 2.05. The number of rotatable bonds is 8. The zero-order chi connectivity index (χ0) is 18.8. The van der Waals surface area contributed by atoms with Gasteiger partial charge < -0.3 is 19.9 Å². The smallest absolute Gasteiger partial charge is 0.408 e. The summed E-state index contributed by atoms with van der Waals surface area (Å²) >= 11 is 0. The molecule has 2 aromatic rings. The van der Waals surface area contributed by atoms with E-state index in [1.54, 1.807) is 48.5 Å². The van der Waals surface area contributed by atoms with Crippen LogP contribution in [0.25, 0.3) is 0 Å². The number of carboxylic acids is 1. The predicted octanol–water partition coefficient (Wildman–Crippen LogP) is 2.50. The Balaban J connectivity index is 1.87. The first-order valence-corrected chi connectivity index (χ1v) is 7.94. The van der Waals surface area contributed by atoms with Crippen LogP contribution >= 0.6 is 0 Å². The van der Waals surface area contributed by atoms with Gasteiger partial charge in [-0.1, -0.05) is 60.7 Å². The maximum absolute atomic E-state index is 12.1. The first kappa shape index (κ1) is 19.0. The lowest BCUT2D eigenvalue weighted by Crippen LogP contribution is -2.43. The second kappa shape index (κ2) is 9.83. The van der Waals surface area contributed by atoms with E-state index in [-0.39, 0.29) is 13.2 Å². The Morgan fingerprint density at radius 3 is 1.85 bits per heavy atom. The molecular weight excluding hydrogens is 338 g/mol. The second-order valence-corrected chi connectivity index (χ2v) is 5.45. The van der Waals surface area contributed by atoms with E-state index < -0.39 is 30.5 Å². The standard InChI is InChI=1S/C19H19NO6/c21-17(22)11-16(18(23)25-12-14-7-3-1-4-8-14)20-19(24)26-13-15-9-5-2-6-10-15/h1-10,16H,11-13H2,(H,20,24)(H,21,22). The maximum Gasteiger partial charge on any atom is 0.408 e. The quantitative estimate of drug-likeness (QED) is 0.704. The first-order valence-electron chi connectivity index (χ1n) is 7.94. The lowest BCUT2D eigenvalue weighted by molar-refractivity contribution is -0.151. The third-order valence-corrected chi connectivity index (χ3v) is 3.39. The highest BCUT2D eigenvalue weighted by atomic mass is 16.6. The molecule has 0 saturated carbocycles. The van der Waals surface area contributed by atoms with E-state index >= 15 is 0 Å². The van der Waals surface area contributed by atoms with Crippen molar-refractivity contribution in [3.8, 4) is 0 Å². The molecule has 1 unspecified atom stereocenters. The van der Waals surface area contributed by atoms with Crippen LogP contribution in [0.2, 0.25) is 0 Å². The molecule has 0 aliphatic carbocycles. The van der Waals surface area contributed by atoms with Crippen LogP contribution in [0, 0.1) is 0 Å². The van der Waals surface area contributed by atoms with Gasteiger partial charge in [0.25, 0.3) is 0 Å². The Morgan fingerprint density at radius 2 is 1.35 bits per heavy atom. The number of hydrogen-bond acceptors (Lipinski definition) is 5. The van der Waals surface area contributed by atoms with Crippen molar-refractivity contribution in [2.24, 2.45) is 0 Å². The Hall–Kier alpha value is -3.35. The van der Waals surface area contributed by atoms with Gasteiger partial charge in [-0.3, -0.25) is 4.79 Å². The first-order chi connectivity index (χ1) is 12.5. The van der Waals surface area contributed by atoms with Crippen LogP contribution in [-0.2, 0) is 32.3 Å². The van der Waals surface area contributed by atoms with Gasteiger partial charge in [0.05, 0.1) is 6.42 Å². The van der Waals surface area contributed by atoms with Gasteiger partial charge in [0.1, 0.15) is 19.3 Å². The molecule has 26 heavy (non-hydrogen) atoms. The van der Waals surface area contributed by atoms with Crippen molar-refractivity contribution in [3.63, 3.8) is 0 Å². The fourth-order valence-corrected chi connectivity index (χ4v) is 2.10. The van der Waals surface area contributed by atoms with Gasteiger partial charge in [-0.05, 0) is 11.1 Å². The summed E-state index contributed by atoms with van der Waals surface area (Å²) < 4.78 is 10.1. The molecule has 0 radical (unpaired) electrons. The average Bonchev–Trinajstić information content (AvgIpc) is 2.65. The largest absolute Gasteiger partial charge is 0.481 e. The van der Waals surface area contributed by atoms with Crippen molar-refractivity contribution in [3.05, 3.63) is 71.8 Å². The minimum Gasteiger partial charge on any atom is -0.481 e. The van der Waals surface area contributed by atoms with Crippen molar-refractivity contribution < 1.29 is 29.0 Å². The number of alkyl carbamates (subject to hydrolysis) is 1. The Labute approximate surface area is 150 Å². The molecule has 0 heterocycles. The van der Waals surface area contributed by atoms with Gasteiger partial charge in [0.2, 0.25) is 0 Å². The van der Waals surface area contributed by atoms with Gasteiger partial charge in [0.15, 0.2) is 0 Å². The Morgan fingerprint density at radius 1 is 0.846 bits per heavy atom. The third kappa shape index (κ3) is 6.64. The van der Waals surface area contributed by atoms with E-state index in [4.69, 9.17) is 14.6 Å². The monoisotopic (exact) mass is 357 g/mol.